The van der Waals surface area contributed by atoms with Crippen LogP contribution in [-0.4, -0.2) is 37.4 Å². The number of carbonyl (C=O) groups excluding carboxylic acids is 1. The van der Waals surface area contributed by atoms with Crippen molar-refractivity contribution in [2.75, 3.05) is 20.8 Å². The maximum atomic E-state index is 12.3. The van der Waals surface area contributed by atoms with Crippen molar-refractivity contribution in [3.63, 3.8) is 0 Å². The fourth-order valence-electron chi connectivity index (χ4n) is 3.78. The van der Waals surface area contributed by atoms with Crippen LogP contribution in [0.2, 0.25) is 0 Å². The van der Waals surface area contributed by atoms with Crippen LogP contribution in [0.3, 0.4) is 0 Å². The van der Waals surface area contributed by atoms with Gasteiger partial charge in [-0.15, -0.1) is 0 Å². The Morgan fingerprint density at radius 3 is 2.45 bits per heavy atom. The number of methoxy groups -OCH3 is 2. The largest absolute Gasteiger partial charge is 0.493 e. The van der Waals surface area contributed by atoms with E-state index in [1.807, 2.05) is 17.0 Å². The van der Waals surface area contributed by atoms with Crippen molar-refractivity contribution in [2.45, 2.75) is 44.8 Å². The molecule has 22 heavy (non-hydrogen) atoms. The summed E-state index contributed by atoms with van der Waals surface area (Å²) in [6, 6.07) is 4.00. The molecule has 0 aliphatic carbocycles. The lowest BCUT2D eigenvalue weighted by atomic mass is 9.79. The third kappa shape index (κ3) is 1.95. The summed E-state index contributed by atoms with van der Waals surface area (Å²) in [5.74, 6) is 1.43. The van der Waals surface area contributed by atoms with Gasteiger partial charge in [-0.05, 0) is 42.5 Å². The molecule has 1 aromatic rings. The van der Waals surface area contributed by atoms with Crippen molar-refractivity contribution in [3.8, 4) is 11.5 Å². The van der Waals surface area contributed by atoms with Crippen molar-refractivity contribution < 1.29 is 19.0 Å². The number of carbonyl (C=O) groups is 1. The van der Waals surface area contributed by atoms with Gasteiger partial charge >= 0.3 is 6.09 Å². The normalized spacial score (nSPS) is 21.9. The first-order valence-corrected chi connectivity index (χ1v) is 7.84. The lowest BCUT2D eigenvalue weighted by molar-refractivity contribution is 0.0251. The van der Waals surface area contributed by atoms with Gasteiger partial charge in [-0.25, -0.2) is 4.79 Å². The zero-order chi connectivity index (χ0) is 15.9. The second-order valence-corrected chi connectivity index (χ2v) is 5.89. The molecule has 0 aromatic heterocycles. The average molecular weight is 305 g/mol. The first-order valence-electron chi connectivity index (χ1n) is 7.84. The summed E-state index contributed by atoms with van der Waals surface area (Å²) in [5.41, 5.74) is 1.88. The van der Waals surface area contributed by atoms with E-state index in [1.165, 1.54) is 5.56 Å². The zero-order valence-electron chi connectivity index (χ0n) is 13.6. The van der Waals surface area contributed by atoms with E-state index >= 15 is 0 Å². The van der Waals surface area contributed by atoms with E-state index < -0.39 is 5.60 Å². The van der Waals surface area contributed by atoms with E-state index in [-0.39, 0.29) is 12.1 Å². The van der Waals surface area contributed by atoms with Gasteiger partial charge in [-0.3, -0.25) is 4.90 Å². The predicted molar refractivity (Wildman–Crippen MR) is 82.5 cm³/mol. The highest BCUT2D eigenvalue weighted by molar-refractivity contribution is 5.73. The van der Waals surface area contributed by atoms with Crippen LogP contribution in [-0.2, 0) is 11.2 Å². The number of fused-ring (bicyclic) bond motifs is 3. The third-order valence-electron chi connectivity index (χ3n) is 5.09. The number of rotatable bonds is 4. The van der Waals surface area contributed by atoms with Crippen LogP contribution in [0.25, 0.3) is 0 Å². The Morgan fingerprint density at radius 2 is 1.86 bits per heavy atom. The highest BCUT2D eigenvalue weighted by atomic mass is 16.6. The smallest absolute Gasteiger partial charge is 0.411 e. The van der Waals surface area contributed by atoms with Crippen LogP contribution in [0.5, 0.6) is 11.5 Å². The van der Waals surface area contributed by atoms with Gasteiger partial charge in [0.25, 0.3) is 0 Å². The Morgan fingerprint density at radius 1 is 1.23 bits per heavy atom. The molecule has 0 bridgehead atoms. The fraction of sp³-hybridized carbons (Fsp3) is 0.588. The minimum Gasteiger partial charge on any atom is -0.493 e. The molecule has 3 rings (SSSR count). The molecule has 5 heteroatoms. The highest BCUT2D eigenvalue weighted by Crippen LogP contribution is 2.50. The number of hydrogen-bond donors (Lipinski definition) is 0. The summed E-state index contributed by atoms with van der Waals surface area (Å²) in [6.45, 7) is 4.85. The highest BCUT2D eigenvalue weighted by Gasteiger charge is 2.54. The fourth-order valence-corrected chi connectivity index (χ4v) is 3.78. The first-order chi connectivity index (χ1) is 10.6. The summed E-state index contributed by atoms with van der Waals surface area (Å²) in [7, 11) is 3.28. The third-order valence-corrected chi connectivity index (χ3v) is 5.09. The predicted octanol–water partition coefficient (Wildman–Crippen LogP) is 3.31. The van der Waals surface area contributed by atoms with E-state index in [9.17, 15) is 4.79 Å². The van der Waals surface area contributed by atoms with Crippen molar-refractivity contribution in [1.82, 2.24) is 4.90 Å². The van der Waals surface area contributed by atoms with E-state index in [0.29, 0.717) is 12.3 Å². The van der Waals surface area contributed by atoms with Crippen LogP contribution >= 0.6 is 0 Å². The molecule has 1 atom stereocenters. The monoisotopic (exact) mass is 305 g/mol. The van der Waals surface area contributed by atoms with Crippen LogP contribution in [0.15, 0.2) is 12.1 Å². The van der Waals surface area contributed by atoms with E-state index in [0.717, 1.165) is 30.6 Å². The molecule has 0 radical (unpaired) electrons. The standard InChI is InChI=1S/C17H23NO4/c1-5-17(6-2)15-12-10-14(21-4)13(20-3)9-11(12)7-8-18(15)16(19)22-17/h9-10,15H,5-8H2,1-4H3. The van der Waals surface area contributed by atoms with Gasteiger partial charge < -0.3 is 14.2 Å². The van der Waals surface area contributed by atoms with Gasteiger partial charge in [-0.1, -0.05) is 13.8 Å². The Kier molecular flexibility index (Phi) is 3.67. The molecule has 1 amide bonds. The van der Waals surface area contributed by atoms with Crippen LogP contribution < -0.4 is 9.47 Å². The summed E-state index contributed by atoms with van der Waals surface area (Å²) in [5, 5.41) is 0. The Hall–Kier alpha value is -1.91. The minimum absolute atomic E-state index is 0.0430. The maximum Gasteiger partial charge on any atom is 0.411 e. The molecule has 0 N–H and O–H groups in total. The van der Waals surface area contributed by atoms with E-state index in [4.69, 9.17) is 14.2 Å². The van der Waals surface area contributed by atoms with E-state index in [1.54, 1.807) is 14.2 Å². The van der Waals surface area contributed by atoms with Crippen molar-refractivity contribution in [1.29, 1.82) is 0 Å². The molecule has 2 aliphatic rings. The molecular formula is C17H23NO4. The summed E-state index contributed by atoms with van der Waals surface area (Å²) >= 11 is 0. The SMILES string of the molecule is CCC1(CC)OC(=O)N2CCc3cc(OC)c(OC)cc3C21. The first kappa shape index (κ1) is 15.0. The minimum atomic E-state index is -0.453. The number of amides is 1. The second kappa shape index (κ2) is 5.38. The van der Waals surface area contributed by atoms with Gasteiger partial charge in [-0.2, -0.15) is 0 Å². The number of hydrogen-bond acceptors (Lipinski definition) is 4. The molecule has 1 unspecified atom stereocenters. The number of nitrogens with zero attached hydrogens (tertiary/aromatic N) is 1. The lowest BCUT2D eigenvalue weighted by Crippen LogP contribution is -2.41. The van der Waals surface area contributed by atoms with Gasteiger partial charge in [0, 0.05) is 6.54 Å². The molecular weight excluding hydrogens is 282 g/mol. The van der Waals surface area contributed by atoms with Crippen molar-refractivity contribution in [2.24, 2.45) is 0 Å². The van der Waals surface area contributed by atoms with Gasteiger partial charge in [0.2, 0.25) is 0 Å². The van der Waals surface area contributed by atoms with Gasteiger partial charge in [0.1, 0.15) is 11.6 Å². The molecule has 2 heterocycles. The molecule has 1 saturated heterocycles. The van der Waals surface area contributed by atoms with E-state index in [2.05, 4.69) is 13.8 Å². The Bertz CT molecular complexity index is 595. The molecule has 1 fully saturated rings. The van der Waals surface area contributed by atoms with Crippen LogP contribution in [0.1, 0.15) is 43.9 Å². The quantitative estimate of drug-likeness (QED) is 0.856. The molecule has 0 saturated carbocycles. The average Bonchev–Trinajstić information content (AvgIpc) is 2.86. The second-order valence-electron chi connectivity index (χ2n) is 5.89. The van der Waals surface area contributed by atoms with Crippen molar-refractivity contribution in [3.05, 3.63) is 23.3 Å². The van der Waals surface area contributed by atoms with Gasteiger partial charge in [0.15, 0.2) is 11.5 Å². The molecule has 1 aromatic carbocycles. The number of benzene rings is 1. The molecule has 0 spiro atoms. The lowest BCUT2D eigenvalue weighted by Gasteiger charge is -2.38. The Balaban J connectivity index is 2.15. The van der Waals surface area contributed by atoms with Crippen LogP contribution in [0, 0.1) is 0 Å². The van der Waals surface area contributed by atoms with Gasteiger partial charge in [0.05, 0.1) is 14.2 Å². The molecule has 2 aliphatic heterocycles. The summed E-state index contributed by atoms with van der Waals surface area (Å²) in [6.07, 6.45) is 2.20. The number of ether oxygens (including phenoxy) is 3. The summed E-state index contributed by atoms with van der Waals surface area (Å²) < 4.78 is 16.6. The summed E-state index contributed by atoms with van der Waals surface area (Å²) in [4.78, 5) is 14.1. The maximum absolute atomic E-state index is 12.3. The van der Waals surface area contributed by atoms with Crippen molar-refractivity contribution >= 4 is 6.09 Å². The Labute approximate surface area is 131 Å². The molecule has 5 nitrogen and oxygen atoms in total. The molecule has 120 valence electrons. The zero-order valence-corrected chi connectivity index (χ0v) is 13.6. The number of cyclic esters (lactones) is 1. The topological polar surface area (TPSA) is 48.0 Å². The van der Waals surface area contributed by atoms with Crippen LogP contribution in [0.4, 0.5) is 4.79 Å².